The van der Waals surface area contributed by atoms with E-state index in [4.69, 9.17) is 4.98 Å². The van der Waals surface area contributed by atoms with Crippen molar-refractivity contribution in [2.24, 2.45) is 0 Å². The minimum absolute atomic E-state index is 1.02. The molecule has 0 unspecified atom stereocenters. The zero-order valence-electron chi connectivity index (χ0n) is 15.9. The molecule has 0 saturated heterocycles. The highest BCUT2D eigenvalue weighted by Gasteiger charge is 2.09. The van der Waals surface area contributed by atoms with Gasteiger partial charge in [0.15, 0.2) is 0 Å². The molecule has 3 aromatic carbocycles. The Morgan fingerprint density at radius 3 is 2.22 bits per heavy atom. The maximum atomic E-state index is 4.90. The first-order valence-electron chi connectivity index (χ1n) is 9.89. The summed E-state index contributed by atoms with van der Waals surface area (Å²) in [6, 6.07) is 30.2. The molecule has 27 heavy (non-hydrogen) atoms. The molecular formula is C26H25N. The molecule has 0 N–H and O–H groups in total. The molecule has 4 aromatic rings. The van der Waals surface area contributed by atoms with E-state index >= 15 is 0 Å². The number of benzene rings is 3. The SMILES string of the molecule is CCCCCc1ccc(-c2cc(-c3ccccc3)nc3ccccc23)cc1. The van der Waals surface area contributed by atoms with Crippen molar-refractivity contribution in [3.8, 4) is 22.4 Å². The summed E-state index contributed by atoms with van der Waals surface area (Å²) in [5.41, 5.74) is 7.15. The lowest BCUT2D eigenvalue weighted by Gasteiger charge is -2.11. The monoisotopic (exact) mass is 351 g/mol. The van der Waals surface area contributed by atoms with Crippen LogP contribution in [0.2, 0.25) is 0 Å². The average Bonchev–Trinajstić information content (AvgIpc) is 2.74. The van der Waals surface area contributed by atoms with Crippen LogP contribution in [-0.4, -0.2) is 4.98 Å². The number of unbranched alkanes of at least 4 members (excludes halogenated alkanes) is 2. The molecule has 0 spiro atoms. The number of nitrogens with zero attached hydrogens (tertiary/aromatic N) is 1. The van der Waals surface area contributed by atoms with Gasteiger partial charge in [-0.05, 0) is 41.7 Å². The van der Waals surface area contributed by atoms with E-state index in [9.17, 15) is 0 Å². The molecule has 0 amide bonds. The number of aryl methyl sites for hydroxylation is 1. The van der Waals surface area contributed by atoms with Crippen LogP contribution < -0.4 is 0 Å². The van der Waals surface area contributed by atoms with Crippen molar-refractivity contribution in [1.29, 1.82) is 0 Å². The second kappa shape index (κ2) is 8.18. The van der Waals surface area contributed by atoms with E-state index in [0.29, 0.717) is 0 Å². The third-order valence-corrected chi connectivity index (χ3v) is 5.12. The van der Waals surface area contributed by atoms with Gasteiger partial charge in [-0.2, -0.15) is 0 Å². The first-order chi connectivity index (χ1) is 13.3. The van der Waals surface area contributed by atoms with Gasteiger partial charge in [0.1, 0.15) is 0 Å². The number of hydrogen-bond donors (Lipinski definition) is 0. The fraction of sp³-hybridized carbons (Fsp3) is 0.192. The number of fused-ring (bicyclic) bond motifs is 1. The largest absolute Gasteiger partial charge is 0.248 e. The average molecular weight is 351 g/mol. The van der Waals surface area contributed by atoms with Gasteiger partial charge in [-0.25, -0.2) is 4.98 Å². The third kappa shape index (κ3) is 3.93. The van der Waals surface area contributed by atoms with Crippen molar-refractivity contribution in [3.05, 3.63) is 90.5 Å². The molecule has 0 aliphatic carbocycles. The van der Waals surface area contributed by atoms with Gasteiger partial charge in [-0.15, -0.1) is 0 Å². The highest BCUT2D eigenvalue weighted by Crippen LogP contribution is 2.32. The fourth-order valence-electron chi connectivity index (χ4n) is 3.60. The molecule has 0 bridgehead atoms. The zero-order chi connectivity index (χ0) is 18.5. The van der Waals surface area contributed by atoms with Gasteiger partial charge in [0.25, 0.3) is 0 Å². The predicted molar refractivity (Wildman–Crippen MR) is 116 cm³/mol. The van der Waals surface area contributed by atoms with Gasteiger partial charge in [-0.3, -0.25) is 0 Å². The Bertz CT molecular complexity index is 1020. The van der Waals surface area contributed by atoms with Crippen LogP contribution in [0.5, 0.6) is 0 Å². The van der Waals surface area contributed by atoms with Gasteiger partial charge < -0.3 is 0 Å². The van der Waals surface area contributed by atoms with Crippen molar-refractivity contribution in [2.75, 3.05) is 0 Å². The summed E-state index contributed by atoms with van der Waals surface area (Å²) in [5.74, 6) is 0. The molecule has 1 heteroatoms. The van der Waals surface area contributed by atoms with Gasteiger partial charge >= 0.3 is 0 Å². The fourth-order valence-corrected chi connectivity index (χ4v) is 3.60. The molecule has 0 fully saturated rings. The molecule has 0 radical (unpaired) electrons. The van der Waals surface area contributed by atoms with E-state index in [1.807, 2.05) is 6.07 Å². The number of hydrogen-bond acceptors (Lipinski definition) is 1. The first kappa shape index (κ1) is 17.5. The molecule has 4 rings (SSSR count). The Morgan fingerprint density at radius 2 is 1.44 bits per heavy atom. The molecule has 0 saturated carbocycles. The van der Waals surface area contributed by atoms with Crippen molar-refractivity contribution in [1.82, 2.24) is 4.98 Å². The summed E-state index contributed by atoms with van der Waals surface area (Å²) in [4.78, 5) is 4.90. The van der Waals surface area contributed by atoms with Gasteiger partial charge in [0.2, 0.25) is 0 Å². The Hall–Kier alpha value is -2.93. The second-order valence-electron chi connectivity index (χ2n) is 7.09. The second-order valence-corrected chi connectivity index (χ2v) is 7.09. The molecule has 0 atom stereocenters. The lowest BCUT2D eigenvalue weighted by molar-refractivity contribution is 0.717. The summed E-state index contributed by atoms with van der Waals surface area (Å²) in [6.45, 7) is 2.25. The maximum Gasteiger partial charge on any atom is 0.0715 e. The maximum absolute atomic E-state index is 4.90. The normalized spacial score (nSPS) is 11.0. The van der Waals surface area contributed by atoms with Crippen LogP contribution in [0, 0.1) is 0 Å². The standard InChI is InChI=1S/C26H25N/c1-2-3-5-10-20-15-17-21(18-16-20)24-19-26(22-11-6-4-7-12-22)27-25-14-9-8-13-23(24)25/h4,6-9,11-19H,2-3,5,10H2,1H3. The van der Waals surface area contributed by atoms with Crippen molar-refractivity contribution in [2.45, 2.75) is 32.6 Å². The summed E-state index contributed by atoms with van der Waals surface area (Å²) in [7, 11) is 0. The van der Waals surface area contributed by atoms with Gasteiger partial charge in [0, 0.05) is 10.9 Å². The lowest BCUT2D eigenvalue weighted by Crippen LogP contribution is -1.90. The van der Waals surface area contributed by atoms with Crippen LogP contribution >= 0.6 is 0 Å². The number of pyridine rings is 1. The van der Waals surface area contributed by atoms with Crippen LogP contribution in [0.15, 0.2) is 84.9 Å². The predicted octanol–water partition coefficient (Wildman–Crippen LogP) is 7.30. The Labute approximate surface area is 161 Å². The Balaban J connectivity index is 1.76. The smallest absolute Gasteiger partial charge is 0.0715 e. The number of rotatable bonds is 6. The topological polar surface area (TPSA) is 12.9 Å². The quantitative estimate of drug-likeness (QED) is 0.332. The highest BCUT2D eigenvalue weighted by molar-refractivity contribution is 5.96. The molecule has 0 aliphatic heterocycles. The van der Waals surface area contributed by atoms with Crippen LogP contribution in [0.3, 0.4) is 0 Å². The van der Waals surface area contributed by atoms with E-state index in [1.165, 1.54) is 47.8 Å². The van der Waals surface area contributed by atoms with Crippen molar-refractivity contribution < 1.29 is 0 Å². The Kier molecular flexibility index (Phi) is 5.29. The van der Waals surface area contributed by atoms with Crippen LogP contribution in [0.25, 0.3) is 33.3 Å². The van der Waals surface area contributed by atoms with E-state index in [0.717, 1.165) is 16.8 Å². The minimum Gasteiger partial charge on any atom is -0.248 e. The molecule has 1 nitrogen and oxygen atoms in total. The number of para-hydroxylation sites is 1. The van der Waals surface area contributed by atoms with E-state index < -0.39 is 0 Å². The summed E-state index contributed by atoms with van der Waals surface area (Å²) >= 11 is 0. The van der Waals surface area contributed by atoms with Gasteiger partial charge in [0.05, 0.1) is 11.2 Å². The number of aromatic nitrogens is 1. The molecule has 1 heterocycles. The summed E-state index contributed by atoms with van der Waals surface area (Å²) < 4.78 is 0. The Morgan fingerprint density at radius 1 is 0.704 bits per heavy atom. The highest BCUT2D eigenvalue weighted by atomic mass is 14.7. The molecular weight excluding hydrogens is 326 g/mol. The summed E-state index contributed by atoms with van der Waals surface area (Å²) in [5, 5.41) is 1.20. The minimum atomic E-state index is 1.02. The van der Waals surface area contributed by atoms with E-state index in [1.54, 1.807) is 0 Å². The zero-order valence-corrected chi connectivity index (χ0v) is 15.9. The molecule has 134 valence electrons. The molecule has 0 aliphatic rings. The van der Waals surface area contributed by atoms with Crippen molar-refractivity contribution >= 4 is 10.9 Å². The van der Waals surface area contributed by atoms with Crippen LogP contribution in [-0.2, 0) is 6.42 Å². The summed E-state index contributed by atoms with van der Waals surface area (Å²) in [6.07, 6.45) is 5.01. The van der Waals surface area contributed by atoms with Crippen molar-refractivity contribution in [3.63, 3.8) is 0 Å². The van der Waals surface area contributed by atoms with E-state index in [-0.39, 0.29) is 0 Å². The third-order valence-electron chi connectivity index (χ3n) is 5.12. The first-order valence-corrected chi connectivity index (χ1v) is 9.89. The van der Waals surface area contributed by atoms with Crippen LogP contribution in [0.1, 0.15) is 31.7 Å². The lowest BCUT2D eigenvalue weighted by atomic mass is 9.96. The van der Waals surface area contributed by atoms with Crippen LogP contribution in [0.4, 0.5) is 0 Å². The van der Waals surface area contributed by atoms with E-state index in [2.05, 4.69) is 85.8 Å². The molecule has 1 aromatic heterocycles. The van der Waals surface area contributed by atoms with Gasteiger partial charge in [-0.1, -0.05) is 92.6 Å².